The maximum Gasteiger partial charge on any atom is 0.336 e. The van der Waals surface area contributed by atoms with E-state index >= 15 is 0 Å². The fraction of sp³-hybridized carbons (Fsp3) is 0.0811. The predicted octanol–water partition coefficient (Wildman–Crippen LogP) is 7.69. The van der Waals surface area contributed by atoms with Crippen molar-refractivity contribution in [2.75, 3.05) is 17.7 Å². The fourth-order valence-electron chi connectivity index (χ4n) is 4.80. The van der Waals surface area contributed by atoms with Gasteiger partial charge in [-0.2, -0.15) is 0 Å². The van der Waals surface area contributed by atoms with Crippen molar-refractivity contribution in [3.05, 3.63) is 143 Å². The normalized spacial score (nSPS) is 10.6. The van der Waals surface area contributed by atoms with E-state index in [1.54, 1.807) is 48.5 Å². The van der Waals surface area contributed by atoms with Gasteiger partial charge in [0.05, 0.1) is 5.56 Å². The fourth-order valence-corrected chi connectivity index (χ4v) is 4.80. The number of carboxylic acids is 1. The molecule has 0 radical (unpaired) electrons. The lowest BCUT2D eigenvalue weighted by atomic mass is 9.94. The molecule has 0 atom stereocenters. The summed E-state index contributed by atoms with van der Waals surface area (Å²) in [7, 11) is 1.85. The molecule has 11 heteroatoms. The molecule has 0 aliphatic rings. The second-order valence-corrected chi connectivity index (χ2v) is 10.5. The Labute approximate surface area is 275 Å². The minimum absolute atomic E-state index is 0.0597. The molecule has 5 rings (SSSR count). The number of nitrogens with one attached hydrogen (secondary N) is 2. The van der Waals surface area contributed by atoms with E-state index in [0.29, 0.717) is 34.2 Å². The molecule has 1 amide bonds. The summed E-state index contributed by atoms with van der Waals surface area (Å²) in [5, 5.41) is 24.3. The number of carboxylic acid groups (broad SMARTS) is 1. The molecular formula is C37H30N2O9. The van der Waals surface area contributed by atoms with E-state index in [-0.39, 0.29) is 34.4 Å². The van der Waals surface area contributed by atoms with Crippen molar-refractivity contribution < 1.29 is 43.9 Å². The number of rotatable bonds is 13. The molecule has 0 fully saturated rings. The van der Waals surface area contributed by atoms with E-state index in [1.165, 1.54) is 43.3 Å². The molecule has 5 aromatic carbocycles. The number of Topliss-reactive ketones (excluding diaryl/α,β-unsaturated/α-hetero) is 1. The molecule has 0 aliphatic heterocycles. The molecule has 4 N–H and O–H groups in total. The van der Waals surface area contributed by atoms with Crippen LogP contribution in [0.25, 0.3) is 0 Å². The lowest BCUT2D eigenvalue weighted by Crippen LogP contribution is -2.16. The minimum Gasteiger partial charge on any atom is -0.478 e. The van der Waals surface area contributed by atoms with Crippen molar-refractivity contribution in [2.24, 2.45) is 0 Å². The molecule has 0 unspecified atom stereocenters. The zero-order valence-electron chi connectivity index (χ0n) is 25.9. The van der Waals surface area contributed by atoms with Crippen LogP contribution < -0.4 is 20.1 Å². The van der Waals surface area contributed by atoms with Crippen molar-refractivity contribution in [2.45, 2.75) is 13.5 Å². The molecule has 5 aromatic rings. The first-order valence-corrected chi connectivity index (χ1v) is 14.6. The van der Waals surface area contributed by atoms with Gasteiger partial charge in [0, 0.05) is 40.7 Å². The molecule has 11 nitrogen and oxygen atoms in total. The van der Waals surface area contributed by atoms with Crippen LogP contribution in [0.1, 0.15) is 59.5 Å². The van der Waals surface area contributed by atoms with Gasteiger partial charge in [-0.05, 0) is 103 Å². The topological polar surface area (TPSA) is 160 Å². The summed E-state index contributed by atoms with van der Waals surface area (Å²) >= 11 is 0. The summed E-state index contributed by atoms with van der Waals surface area (Å²) in [4.78, 5) is 54.5. The van der Waals surface area contributed by atoms with Crippen LogP contribution >= 0.6 is 0 Å². The van der Waals surface area contributed by atoms with Gasteiger partial charge in [0.1, 0.15) is 29.6 Å². The minimum atomic E-state index is -1.29. The lowest BCUT2D eigenvalue weighted by molar-refractivity contribution is -0.253. The Morgan fingerprint density at radius 1 is 0.625 bits per heavy atom. The summed E-state index contributed by atoms with van der Waals surface area (Å²) in [6, 6.07) is 29.3. The molecular weight excluding hydrogens is 616 g/mol. The van der Waals surface area contributed by atoms with Crippen molar-refractivity contribution in [3.8, 4) is 23.0 Å². The van der Waals surface area contributed by atoms with Gasteiger partial charge in [0.15, 0.2) is 11.6 Å². The van der Waals surface area contributed by atoms with Gasteiger partial charge in [0.2, 0.25) is 0 Å². The highest BCUT2D eigenvalue weighted by atomic mass is 17.1. The first-order valence-electron chi connectivity index (χ1n) is 14.6. The van der Waals surface area contributed by atoms with E-state index in [0.717, 1.165) is 5.69 Å². The molecule has 0 saturated carbocycles. The van der Waals surface area contributed by atoms with Crippen LogP contribution in [0.15, 0.2) is 109 Å². The number of anilines is 2. The Morgan fingerprint density at radius 3 is 1.58 bits per heavy atom. The number of aromatic carboxylic acids is 1. The van der Waals surface area contributed by atoms with E-state index in [1.807, 2.05) is 31.3 Å². The Balaban J connectivity index is 1.27. The predicted molar refractivity (Wildman–Crippen MR) is 178 cm³/mol. The first-order chi connectivity index (χ1) is 23.1. The molecule has 0 aromatic heterocycles. The number of ketones is 2. The van der Waals surface area contributed by atoms with Gasteiger partial charge in [-0.15, -0.1) is 0 Å². The third-order valence-corrected chi connectivity index (χ3v) is 7.28. The SMILES string of the molecule is CNc1ccc(Oc2ccc(Oc3ccc(NC(=O)c4cc(C(=O)c5ccc(C(=O)O)c(C(C)=O)c5)ccc4COO)cc3)cc2)cc1. The van der Waals surface area contributed by atoms with Crippen molar-refractivity contribution in [1.82, 2.24) is 0 Å². The highest BCUT2D eigenvalue weighted by Gasteiger charge is 2.20. The van der Waals surface area contributed by atoms with E-state index in [9.17, 15) is 24.3 Å². The van der Waals surface area contributed by atoms with Gasteiger partial charge in [0.25, 0.3) is 5.91 Å². The van der Waals surface area contributed by atoms with Gasteiger partial charge in [-0.25, -0.2) is 9.68 Å². The van der Waals surface area contributed by atoms with Crippen LogP contribution in [0.4, 0.5) is 11.4 Å². The number of ether oxygens (including phenoxy) is 2. The second-order valence-electron chi connectivity index (χ2n) is 10.5. The van der Waals surface area contributed by atoms with Crippen LogP contribution in [-0.2, 0) is 11.5 Å². The molecule has 0 aliphatic carbocycles. The Kier molecular flexibility index (Phi) is 10.2. The van der Waals surface area contributed by atoms with Crippen LogP contribution in [0, 0.1) is 0 Å². The highest BCUT2D eigenvalue weighted by molar-refractivity contribution is 6.14. The lowest BCUT2D eigenvalue weighted by Gasteiger charge is -2.13. The average molecular weight is 647 g/mol. The molecule has 0 heterocycles. The Morgan fingerprint density at radius 2 is 1.10 bits per heavy atom. The van der Waals surface area contributed by atoms with E-state index in [4.69, 9.17) is 14.7 Å². The van der Waals surface area contributed by atoms with Crippen LogP contribution in [-0.4, -0.2) is 40.9 Å². The third kappa shape index (κ3) is 7.91. The largest absolute Gasteiger partial charge is 0.478 e. The zero-order valence-corrected chi connectivity index (χ0v) is 25.9. The third-order valence-electron chi connectivity index (χ3n) is 7.28. The number of carbonyl (C=O) groups excluding carboxylic acids is 3. The molecule has 0 saturated heterocycles. The van der Waals surface area contributed by atoms with Crippen LogP contribution in [0.3, 0.4) is 0 Å². The number of amides is 1. The van der Waals surface area contributed by atoms with E-state index in [2.05, 4.69) is 15.5 Å². The quantitative estimate of drug-likeness (QED) is 0.0567. The Bertz CT molecular complexity index is 1970. The van der Waals surface area contributed by atoms with Gasteiger partial charge in [-0.1, -0.05) is 18.2 Å². The van der Waals surface area contributed by atoms with E-state index < -0.39 is 23.4 Å². The molecule has 0 bridgehead atoms. The first kappa shape index (κ1) is 33.1. The molecule has 0 spiro atoms. The number of hydrogen-bond donors (Lipinski definition) is 4. The van der Waals surface area contributed by atoms with Gasteiger partial charge < -0.3 is 25.2 Å². The van der Waals surface area contributed by atoms with Crippen molar-refractivity contribution in [3.63, 3.8) is 0 Å². The maximum atomic E-state index is 13.3. The second kappa shape index (κ2) is 14.9. The smallest absolute Gasteiger partial charge is 0.336 e. The zero-order chi connectivity index (χ0) is 34.2. The summed E-state index contributed by atoms with van der Waals surface area (Å²) < 4.78 is 11.8. The van der Waals surface area contributed by atoms with Crippen molar-refractivity contribution >= 4 is 34.8 Å². The summed E-state index contributed by atoms with van der Waals surface area (Å²) in [6.07, 6.45) is 0. The summed E-state index contributed by atoms with van der Waals surface area (Å²) in [6.45, 7) is 0.888. The van der Waals surface area contributed by atoms with Gasteiger partial charge in [-0.3, -0.25) is 19.6 Å². The monoisotopic (exact) mass is 646 g/mol. The highest BCUT2D eigenvalue weighted by Crippen LogP contribution is 2.28. The number of benzene rings is 5. The molecule has 242 valence electrons. The van der Waals surface area contributed by atoms with Crippen LogP contribution in [0.5, 0.6) is 23.0 Å². The van der Waals surface area contributed by atoms with Gasteiger partial charge >= 0.3 is 5.97 Å². The van der Waals surface area contributed by atoms with Crippen molar-refractivity contribution in [1.29, 1.82) is 0 Å². The summed E-state index contributed by atoms with van der Waals surface area (Å²) in [5.41, 5.74) is 1.62. The Hall–Kier alpha value is -6.30. The average Bonchev–Trinajstić information content (AvgIpc) is 3.10. The standard InChI is InChI=1S/C37H30N2O9/c1-22(40)33-19-24(5-18-32(33)37(43)44)35(41)23-3-4-25(21-46-45)34(20-23)36(42)39-27-8-12-29(13-9-27)48-31-16-14-30(15-17-31)47-28-10-6-26(38-2)7-11-28/h3-20,38,45H,21H2,1-2H3,(H,39,42)(H,43,44). The van der Waals surface area contributed by atoms with Crippen LogP contribution in [0.2, 0.25) is 0 Å². The number of hydrogen-bond acceptors (Lipinski definition) is 9. The summed E-state index contributed by atoms with van der Waals surface area (Å²) in [5.74, 6) is -0.479. The number of carbonyl (C=O) groups is 4. The molecule has 48 heavy (non-hydrogen) atoms. The maximum absolute atomic E-state index is 13.3.